The Morgan fingerprint density at radius 3 is 3.06 bits per heavy atom. The number of nitrogen functional groups attached to an aromatic ring is 1. The summed E-state index contributed by atoms with van der Waals surface area (Å²) < 4.78 is 9.41. The molecule has 1 fully saturated rings. The fourth-order valence-corrected chi connectivity index (χ4v) is 2.75. The number of aromatic nitrogens is 1. The van der Waals surface area contributed by atoms with Gasteiger partial charge in [-0.25, -0.2) is 0 Å². The molecule has 1 amide bonds. The van der Waals surface area contributed by atoms with Crippen molar-refractivity contribution in [3.05, 3.63) is 5.56 Å². The number of hydrogen-bond acceptors (Lipinski definition) is 6. The summed E-state index contributed by atoms with van der Waals surface area (Å²) in [6.45, 7) is 2.75. The van der Waals surface area contributed by atoms with Gasteiger partial charge in [-0.05, 0) is 31.3 Å². The normalized spacial score (nSPS) is 24.5. The molecule has 7 heteroatoms. The Kier molecular flexibility index (Phi) is 3.49. The maximum Gasteiger partial charge on any atom is 0.255 e. The second-order valence-corrected chi connectivity index (χ2v) is 4.96. The molecule has 0 aromatic carbocycles. The molecule has 1 aromatic heterocycles. The van der Waals surface area contributed by atoms with Crippen molar-refractivity contribution in [1.82, 2.24) is 4.37 Å². The lowest BCUT2D eigenvalue weighted by atomic mass is 10.0. The first-order chi connectivity index (χ1) is 8.08. The van der Waals surface area contributed by atoms with Crippen LogP contribution in [-0.4, -0.2) is 29.0 Å². The average molecular weight is 256 g/mol. The standard InChI is InChI=1S/C10H16N4O2S/c1-5-4-6(2-3-16-5)13-10-7(9(12)15)8(11)14-17-10/h5-6,13H,2-4H2,1H3,(H2,11,14)(H2,12,15). The summed E-state index contributed by atoms with van der Waals surface area (Å²) in [6, 6.07) is 0.275. The van der Waals surface area contributed by atoms with Crippen LogP contribution >= 0.6 is 11.5 Å². The highest BCUT2D eigenvalue weighted by Crippen LogP contribution is 2.28. The lowest BCUT2D eigenvalue weighted by Gasteiger charge is -2.28. The number of amides is 1. The lowest BCUT2D eigenvalue weighted by molar-refractivity contribution is 0.0233. The van der Waals surface area contributed by atoms with Gasteiger partial charge in [-0.3, -0.25) is 4.79 Å². The summed E-state index contributed by atoms with van der Waals surface area (Å²) in [5.41, 5.74) is 11.2. The summed E-state index contributed by atoms with van der Waals surface area (Å²) in [6.07, 6.45) is 2.03. The number of nitrogens with one attached hydrogen (secondary N) is 1. The van der Waals surface area contributed by atoms with Crippen molar-refractivity contribution in [1.29, 1.82) is 0 Å². The second-order valence-electron chi connectivity index (χ2n) is 4.18. The predicted octanol–water partition coefficient (Wildman–Crippen LogP) is 0.804. The Bertz CT molecular complexity index is 420. The van der Waals surface area contributed by atoms with Crippen LogP contribution in [0.4, 0.5) is 10.8 Å². The number of anilines is 2. The average Bonchev–Trinajstić information content (AvgIpc) is 2.59. The molecule has 2 rings (SSSR count). The molecule has 17 heavy (non-hydrogen) atoms. The fourth-order valence-electron chi connectivity index (χ4n) is 1.95. The molecule has 2 atom stereocenters. The van der Waals surface area contributed by atoms with Crippen molar-refractivity contribution in [3.63, 3.8) is 0 Å². The van der Waals surface area contributed by atoms with Crippen LogP contribution < -0.4 is 16.8 Å². The highest BCUT2D eigenvalue weighted by Gasteiger charge is 2.23. The first-order valence-electron chi connectivity index (χ1n) is 5.51. The largest absolute Gasteiger partial charge is 0.382 e. The van der Waals surface area contributed by atoms with Crippen LogP contribution in [0.1, 0.15) is 30.1 Å². The zero-order chi connectivity index (χ0) is 12.4. The van der Waals surface area contributed by atoms with Crippen molar-refractivity contribution in [2.75, 3.05) is 17.7 Å². The Hall–Kier alpha value is -1.34. The number of nitrogens with two attached hydrogens (primary N) is 2. The van der Waals surface area contributed by atoms with Crippen molar-refractivity contribution >= 4 is 28.3 Å². The molecule has 0 spiro atoms. The third-order valence-electron chi connectivity index (χ3n) is 2.79. The molecule has 2 heterocycles. The quantitative estimate of drug-likeness (QED) is 0.742. The first kappa shape index (κ1) is 12.1. The number of ether oxygens (including phenoxy) is 1. The molecule has 0 saturated carbocycles. The minimum absolute atomic E-state index is 0.199. The molecule has 0 aliphatic carbocycles. The van der Waals surface area contributed by atoms with Crippen LogP contribution in [0.5, 0.6) is 0 Å². The highest BCUT2D eigenvalue weighted by molar-refractivity contribution is 7.11. The second kappa shape index (κ2) is 4.89. The molecular formula is C10H16N4O2S. The maximum absolute atomic E-state index is 11.3. The van der Waals surface area contributed by atoms with Gasteiger partial charge in [0.1, 0.15) is 10.6 Å². The third-order valence-corrected chi connectivity index (χ3v) is 3.58. The molecule has 1 aliphatic heterocycles. The summed E-state index contributed by atoms with van der Waals surface area (Å²) >= 11 is 1.17. The number of carbonyl (C=O) groups excluding carboxylic acids is 1. The molecule has 1 aromatic rings. The van der Waals surface area contributed by atoms with Gasteiger partial charge >= 0.3 is 0 Å². The first-order valence-corrected chi connectivity index (χ1v) is 6.28. The van der Waals surface area contributed by atoms with E-state index in [9.17, 15) is 4.79 Å². The van der Waals surface area contributed by atoms with E-state index in [1.54, 1.807) is 0 Å². The van der Waals surface area contributed by atoms with Crippen LogP contribution in [0, 0.1) is 0 Å². The van der Waals surface area contributed by atoms with E-state index < -0.39 is 5.91 Å². The van der Waals surface area contributed by atoms with Crippen molar-refractivity contribution in [2.24, 2.45) is 5.73 Å². The minimum atomic E-state index is -0.543. The van der Waals surface area contributed by atoms with Gasteiger partial charge in [0.2, 0.25) is 0 Å². The van der Waals surface area contributed by atoms with E-state index in [-0.39, 0.29) is 18.0 Å². The Morgan fingerprint density at radius 1 is 1.65 bits per heavy atom. The van der Waals surface area contributed by atoms with Gasteiger partial charge in [-0.15, -0.1) is 0 Å². The van der Waals surface area contributed by atoms with Gasteiger partial charge in [0.25, 0.3) is 5.91 Å². The zero-order valence-corrected chi connectivity index (χ0v) is 10.4. The molecule has 0 radical (unpaired) electrons. The van der Waals surface area contributed by atoms with E-state index >= 15 is 0 Å². The van der Waals surface area contributed by atoms with Gasteiger partial charge in [0, 0.05) is 12.6 Å². The van der Waals surface area contributed by atoms with E-state index in [1.807, 2.05) is 6.92 Å². The highest BCUT2D eigenvalue weighted by atomic mass is 32.1. The Labute approximate surface area is 103 Å². The van der Waals surface area contributed by atoms with Crippen LogP contribution in [-0.2, 0) is 4.74 Å². The minimum Gasteiger partial charge on any atom is -0.382 e. The van der Waals surface area contributed by atoms with Gasteiger partial charge < -0.3 is 21.5 Å². The summed E-state index contributed by atoms with van der Waals surface area (Å²) in [4.78, 5) is 11.3. The van der Waals surface area contributed by atoms with Gasteiger partial charge in [-0.2, -0.15) is 4.37 Å². The topological polar surface area (TPSA) is 103 Å². The summed E-state index contributed by atoms with van der Waals surface area (Å²) in [5, 5.41) is 3.94. The number of hydrogen-bond donors (Lipinski definition) is 3. The molecule has 6 nitrogen and oxygen atoms in total. The molecule has 94 valence electrons. The number of rotatable bonds is 3. The lowest BCUT2D eigenvalue weighted by Crippen LogP contribution is -2.32. The van der Waals surface area contributed by atoms with Crippen molar-refractivity contribution < 1.29 is 9.53 Å². The van der Waals surface area contributed by atoms with E-state index in [0.717, 1.165) is 19.4 Å². The van der Waals surface area contributed by atoms with Gasteiger partial charge in [0.05, 0.1) is 6.10 Å². The molecule has 5 N–H and O–H groups in total. The maximum atomic E-state index is 11.3. The van der Waals surface area contributed by atoms with Crippen molar-refractivity contribution in [2.45, 2.75) is 31.9 Å². The van der Waals surface area contributed by atoms with Gasteiger partial charge in [-0.1, -0.05) is 0 Å². The number of nitrogens with zero attached hydrogens (tertiary/aromatic N) is 1. The fraction of sp³-hybridized carbons (Fsp3) is 0.600. The zero-order valence-electron chi connectivity index (χ0n) is 9.60. The number of primary amides is 1. The summed E-state index contributed by atoms with van der Waals surface area (Å²) in [5.74, 6) is -0.344. The molecule has 1 aliphatic rings. The van der Waals surface area contributed by atoms with Crippen molar-refractivity contribution in [3.8, 4) is 0 Å². The SMILES string of the molecule is CC1CC(Nc2snc(N)c2C(N)=O)CCO1. The van der Waals surface area contributed by atoms with Gasteiger partial charge in [0.15, 0.2) is 5.82 Å². The van der Waals surface area contributed by atoms with Crippen LogP contribution in [0.25, 0.3) is 0 Å². The molecule has 0 bridgehead atoms. The monoisotopic (exact) mass is 256 g/mol. The third kappa shape index (κ3) is 2.67. The molecule has 1 saturated heterocycles. The smallest absolute Gasteiger partial charge is 0.255 e. The van der Waals surface area contributed by atoms with E-state index in [2.05, 4.69) is 9.69 Å². The Balaban J connectivity index is 2.10. The van der Waals surface area contributed by atoms with E-state index in [0.29, 0.717) is 10.6 Å². The van der Waals surface area contributed by atoms with Crippen LogP contribution in [0.15, 0.2) is 0 Å². The van der Waals surface area contributed by atoms with E-state index in [1.165, 1.54) is 11.5 Å². The molecular weight excluding hydrogens is 240 g/mol. The van der Waals surface area contributed by atoms with Crippen LogP contribution in [0.3, 0.4) is 0 Å². The van der Waals surface area contributed by atoms with Crippen LogP contribution in [0.2, 0.25) is 0 Å². The molecule has 2 unspecified atom stereocenters. The summed E-state index contributed by atoms with van der Waals surface area (Å²) in [7, 11) is 0. The number of carbonyl (C=O) groups is 1. The predicted molar refractivity (Wildman–Crippen MR) is 67.1 cm³/mol. The van der Waals surface area contributed by atoms with E-state index in [4.69, 9.17) is 16.2 Å². The Morgan fingerprint density at radius 2 is 2.41 bits per heavy atom.